The molecule has 1 aliphatic rings. The summed E-state index contributed by atoms with van der Waals surface area (Å²) in [6, 6.07) is 1.78. The maximum atomic E-state index is 10.3. The van der Waals surface area contributed by atoms with E-state index in [1.165, 1.54) is 0 Å². The SMILES string of the molecule is CC1CC(O)(Cc2cnccc2N)CS1. The van der Waals surface area contributed by atoms with Gasteiger partial charge < -0.3 is 10.8 Å². The maximum absolute atomic E-state index is 10.3. The number of thioether (sulfide) groups is 1. The predicted molar refractivity (Wildman–Crippen MR) is 63.8 cm³/mol. The number of rotatable bonds is 2. The second-order valence-corrected chi connectivity index (χ2v) is 5.73. The lowest BCUT2D eigenvalue weighted by molar-refractivity contribution is 0.0643. The van der Waals surface area contributed by atoms with Crippen LogP contribution >= 0.6 is 11.8 Å². The summed E-state index contributed by atoms with van der Waals surface area (Å²) in [5.41, 5.74) is 6.92. The van der Waals surface area contributed by atoms with Gasteiger partial charge in [-0.05, 0) is 18.1 Å². The van der Waals surface area contributed by atoms with Crippen LogP contribution < -0.4 is 5.73 Å². The Morgan fingerprint density at radius 1 is 1.73 bits per heavy atom. The van der Waals surface area contributed by atoms with Gasteiger partial charge in [0.05, 0.1) is 5.60 Å². The van der Waals surface area contributed by atoms with Crippen molar-refractivity contribution in [3.8, 4) is 0 Å². The zero-order valence-corrected chi connectivity index (χ0v) is 9.63. The Morgan fingerprint density at radius 2 is 2.53 bits per heavy atom. The van der Waals surface area contributed by atoms with E-state index in [4.69, 9.17) is 5.73 Å². The average Bonchev–Trinajstić information content (AvgIpc) is 2.51. The molecule has 0 aliphatic carbocycles. The minimum absolute atomic E-state index is 0.535. The fourth-order valence-corrected chi connectivity index (χ4v) is 3.26. The molecule has 0 amide bonds. The first-order valence-corrected chi connectivity index (χ1v) is 6.16. The lowest BCUT2D eigenvalue weighted by Crippen LogP contribution is -2.31. The fraction of sp³-hybridized carbons (Fsp3) is 0.545. The number of aliphatic hydroxyl groups is 1. The van der Waals surface area contributed by atoms with E-state index in [0.717, 1.165) is 23.4 Å². The molecule has 2 atom stereocenters. The predicted octanol–water partition coefficient (Wildman–Crippen LogP) is 1.46. The van der Waals surface area contributed by atoms with Crippen LogP contribution in [0.25, 0.3) is 0 Å². The van der Waals surface area contributed by atoms with Crippen molar-refractivity contribution in [2.24, 2.45) is 0 Å². The van der Waals surface area contributed by atoms with Crippen molar-refractivity contribution < 1.29 is 5.11 Å². The summed E-state index contributed by atoms with van der Waals surface area (Å²) in [4.78, 5) is 4.04. The van der Waals surface area contributed by atoms with Crippen molar-refractivity contribution >= 4 is 17.4 Å². The summed E-state index contributed by atoms with van der Waals surface area (Å²) in [5, 5.41) is 10.9. The molecule has 2 unspecified atom stereocenters. The minimum atomic E-state index is -0.596. The first kappa shape index (κ1) is 10.8. The van der Waals surface area contributed by atoms with Crippen LogP contribution in [0.1, 0.15) is 18.9 Å². The monoisotopic (exact) mass is 224 g/mol. The number of hydrogen-bond donors (Lipinski definition) is 2. The van der Waals surface area contributed by atoms with E-state index in [-0.39, 0.29) is 0 Å². The van der Waals surface area contributed by atoms with Crippen LogP contribution in [0, 0.1) is 0 Å². The molecule has 3 nitrogen and oxygen atoms in total. The molecule has 2 heterocycles. The van der Waals surface area contributed by atoms with Crippen LogP contribution in [0.15, 0.2) is 18.5 Å². The molecule has 4 heteroatoms. The lowest BCUT2D eigenvalue weighted by Gasteiger charge is -2.22. The Bertz CT molecular complexity index is 358. The quantitative estimate of drug-likeness (QED) is 0.798. The molecule has 15 heavy (non-hydrogen) atoms. The van der Waals surface area contributed by atoms with Gasteiger partial charge in [-0.3, -0.25) is 4.98 Å². The Morgan fingerprint density at radius 3 is 3.13 bits per heavy atom. The number of nitrogen functional groups attached to an aromatic ring is 1. The molecule has 1 fully saturated rings. The second-order valence-electron chi connectivity index (χ2n) is 4.30. The van der Waals surface area contributed by atoms with Crippen molar-refractivity contribution in [2.75, 3.05) is 11.5 Å². The van der Waals surface area contributed by atoms with Gasteiger partial charge in [-0.15, -0.1) is 0 Å². The molecule has 0 radical (unpaired) electrons. The van der Waals surface area contributed by atoms with Gasteiger partial charge in [-0.25, -0.2) is 0 Å². The van der Waals surface area contributed by atoms with Crippen molar-refractivity contribution in [1.29, 1.82) is 0 Å². The highest BCUT2D eigenvalue weighted by Gasteiger charge is 2.36. The summed E-state index contributed by atoms with van der Waals surface area (Å²) >= 11 is 1.82. The standard InChI is InChI=1S/C11H16N2OS/c1-8-4-11(14,7-15-8)5-9-6-13-3-2-10(9)12/h2-3,6,8,14H,4-5,7H2,1H3,(H2,12,13). The first-order chi connectivity index (χ1) is 7.09. The molecule has 1 aromatic heterocycles. The van der Waals surface area contributed by atoms with Gasteiger partial charge in [0.15, 0.2) is 0 Å². The molecule has 2 rings (SSSR count). The van der Waals surface area contributed by atoms with Gasteiger partial charge in [0.2, 0.25) is 0 Å². The Balaban J connectivity index is 2.12. The fourth-order valence-electron chi connectivity index (χ4n) is 2.01. The van der Waals surface area contributed by atoms with E-state index < -0.39 is 5.60 Å². The van der Waals surface area contributed by atoms with Crippen molar-refractivity contribution in [3.63, 3.8) is 0 Å². The number of aromatic nitrogens is 1. The van der Waals surface area contributed by atoms with Gasteiger partial charge in [0, 0.05) is 35.5 Å². The van der Waals surface area contributed by atoms with Gasteiger partial charge >= 0.3 is 0 Å². The van der Waals surface area contributed by atoms with Crippen LogP contribution in [-0.2, 0) is 6.42 Å². The molecule has 0 bridgehead atoms. The topological polar surface area (TPSA) is 59.1 Å². The molecule has 1 saturated heterocycles. The third kappa shape index (κ3) is 2.44. The van der Waals surface area contributed by atoms with Crippen molar-refractivity contribution in [1.82, 2.24) is 4.98 Å². The summed E-state index contributed by atoms with van der Waals surface area (Å²) in [6.45, 7) is 2.15. The van der Waals surface area contributed by atoms with E-state index in [0.29, 0.717) is 11.7 Å². The molecule has 0 spiro atoms. The number of pyridine rings is 1. The molecule has 1 aliphatic heterocycles. The van der Waals surface area contributed by atoms with Crippen molar-refractivity contribution in [3.05, 3.63) is 24.0 Å². The van der Waals surface area contributed by atoms with Crippen molar-refractivity contribution in [2.45, 2.75) is 30.6 Å². The molecule has 1 aromatic rings. The highest BCUT2D eigenvalue weighted by molar-refractivity contribution is 8.00. The normalized spacial score (nSPS) is 30.7. The van der Waals surface area contributed by atoms with E-state index in [1.54, 1.807) is 18.5 Å². The Labute approximate surface area is 94.1 Å². The lowest BCUT2D eigenvalue weighted by atomic mass is 9.92. The highest BCUT2D eigenvalue weighted by Crippen LogP contribution is 2.36. The number of nitrogens with two attached hydrogens (primary N) is 1. The van der Waals surface area contributed by atoms with Crippen LogP contribution in [0.3, 0.4) is 0 Å². The summed E-state index contributed by atoms with van der Waals surface area (Å²) in [6.07, 6.45) is 4.88. The summed E-state index contributed by atoms with van der Waals surface area (Å²) < 4.78 is 0. The van der Waals surface area contributed by atoms with E-state index in [2.05, 4.69) is 11.9 Å². The van der Waals surface area contributed by atoms with Crippen LogP contribution in [0.2, 0.25) is 0 Å². The molecule has 3 N–H and O–H groups in total. The van der Waals surface area contributed by atoms with Crippen LogP contribution in [0.5, 0.6) is 0 Å². The first-order valence-electron chi connectivity index (χ1n) is 5.11. The van der Waals surface area contributed by atoms with Gasteiger partial charge in [-0.2, -0.15) is 11.8 Å². The smallest absolute Gasteiger partial charge is 0.0789 e. The second kappa shape index (κ2) is 4.02. The van der Waals surface area contributed by atoms with E-state index in [1.807, 2.05) is 11.8 Å². The average molecular weight is 224 g/mol. The summed E-state index contributed by atoms with van der Waals surface area (Å²) in [7, 11) is 0. The minimum Gasteiger partial charge on any atom is -0.398 e. The van der Waals surface area contributed by atoms with Gasteiger partial charge in [0.1, 0.15) is 0 Å². The number of anilines is 1. The zero-order chi connectivity index (χ0) is 10.9. The number of hydrogen-bond acceptors (Lipinski definition) is 4. The van der Waals surface area contributed by atoms with E-state index >= 15 is 0 Å². The summed E-state index contributed by atoms with van der Waals surface area (Å²) in [5.74, 6) is 0.794. The molecule has 0 saturated carbocycles. The van der Waals surface area contributed by atoms with Gasteiger partial charge in [-0.1, -0.05) is 6.92 Å². The van der Waals surface area contributed by atoms with Crippen LogP contribution in [0.4, 0.5) is 5.69 Å². The molecule has 0 aromatic carbocycles. The maximum Gasteiger partial charge on any atom is 0.0789 e. The largest absolute Gasteiger partial charge is 0.398 e. The molecule has 82 valence electrons. The highest BCUT2D eigenvalue weighted by atomic mass is 32.2. The zero-order valence-electron chi connectivity index (χ0n) is 8.81. The Hall–Kier alpha value is -0.740. The molecular weight excluding hydrogens is 208 g/mol. The van der Waals surface area contributed by atoms with Crippen LogP contribution in [-0.4, -0.2) is 26.7 Å². The van der Waals surface area contributed by atoms with Gasteiger partial charge in [0.25, 0.3) is 0 Å². The third-order valence-corrected chi connectivity index (χ3v) is 4.20. The Kier molecular flexibility index (Phi) is 2.89. The van der Waals surface area contributed by atoms with E-state index in [9.17, 15) is 5.11 Å². The molecular formula is C11H16N2OS. The number of nitrogens with zero attached hydrogens (tertiary/aromatic N) is 1. The third-order valence-electron chi connectivity index (χ3n) is 2.76.